The zero-order chi connectivity index (χ0) is 19.0. The maximum Gasteiger partial charge on any atom is 0.276 e. The van der Waals surface area contributed by atoms with E-state index in [0.717, 1.165) is 37.2 Å². The molecule has 0 N–H and O–H groups in total. The van der Waals surface area contributed by atoms with Crippen molar-refractivity contribution in [3.8, 4) is 0 Å². The summed E-state index contributed by atoms with van der Waals surface area (Å²) in [5.74, 6) is -1.09. The molecule has 27 heavy (non-hydrogen) atoms. The Bertz CT molecular complexity index is 844. The minimum absolute atomic E-state index is 0.0999. The topological polar surface area (TPSA) is 56.2 Å². The van der Waals surface area contributed by atoms with Gasteiger partial charge in [-0.3, -0.25) is 24.3 Å². The lowest BCUT2D eigenvalue weighted by Gasteiger charge is -2.31. The van der Waals surface area contributed by atoms with Gasteiger partial charge in [0.15, 0.2) is 0 Å². The summed E-state index contributed by atoms with van der Waals surface area (Å²) in [6, 6.07) is 7.66. The number of para-hydroxylation sites is 1. The van der Waals surface area contributed by atoms with Gasteiger partial charge in [-0.2, -0.15) is 0 Å². The van der Waals surface area contributed by atoms with Crippen molar-refractivity contribution >= 4 is 40.5 Å². The molecule has 1 atom stereocenters. The Morgan fingerprint density at radius 3 is 2.63 bits per heavy atom. The molecule has 1 aromatic carbocycles. The largest absolute Gasteiger partial charge is 0.298 e. The molecule has 3 aliphatic rings. The molecule has 1 aromatic rings. The number of nitrogens with zero attached hydrogens (tertiary/aromatic N) is 4. The Kier molecular flexibility index (Phi) is 4.88. The highest BCUT2D eigenvalue weighted by Crippen LogP contribution is 2.39. The van der Waals surface area contributed by atoms with Crippen LogP contribution in [0.15, 0.2) is 41.9 Å². The molecule has 1 unspecified atom stereocenters. The number of carbonyl (C=O) groups excluding carboxylic acids is 2. The third-order valence-electron chi connectivity index (χ3n) is 5.34. The van der Waals surface area contributed by atoms with E-state index in [-0.39, 0.29) is 22.6 Å². The first-order valence-corrected chi connectivity index (χ1v) is 9.70. The fourth-order valence-corrected chi connectivity index (χ4v) is 4.27. The highest BCUT2D eigenvalue weighted by atomic mass is 32.1. The number of amides is 2. The molecule has 0 saturated carbocycles. The van der Waals surface area contributed by atoms with Crippen molar-refractivity contribution in [2.45, 2.75) is 25.2 Å². The van der Waals surface area contributed by atoms with Gasteiger partial charge in [0.25, 0.3) is 5.91 Å². The Balaban J connectivity index is 1.65. The average Bonchev–Trinajstić information content (AvgIpc) is 3.11. The van der Waals surface area contributed by atoms with Crippen LogP contribution in [0.3, 0.4) is 0 Å². The lowest BCUT2D eigenvalue weighted by Crippen LogP contribution is -2.44. The highest BCUT2D eigenvalue weighted by Gasteiger charge is 2.46. The van der Waals surface area contributed by atoms with E-state index in [0.29, 0.717) is 13.2 Å². The van der Waals surface area contributed by atoms with Crippen LogP contribution in [0.4, 0.5) is 5.69 Å². The predicted octanol–water partition coefficient (Wildman–Crippen LogP) is 2.31. The van der Waals surface area contributed by atoms with E-state index in [2.05, 4.69) is 16.5 Å². The van der Waals surface area contributed by atoms with Crippen LogP contribution in [0.2, 0.25) is 0 Å². The number of aliphatic imine (C=N–C) groups is 1. The second-order valence-corrected chi connectivity index (χ2v) is 7.43. The first-order valence-electron chi connectivity index (χ1n) is 9.30. The number of piperidine rings is 1. The van der Waals surface area contributed by atoms with Crippen molar-refractivity contribution in [1.29, 1.82) is 0 Å². The van der Waals surface area contributed by atoms with Crippen molar-refractivity contribution in [3.63, 3.8) is 0 Å². The number of likely N-dealkylation sites (tertiary alicyclic amines) is 1. The van der Waals surface area contributed by atoms with Crippen LogP contribution in [0.1, 0.15) is 30.7 Å². The molecule has 3 heterocycles. The van der Waals surface area contributed by atoms with Crippen molar-refractivity contribution in [2.24, 2.45) is 4.99 Å². The zero-order valence-corrected chi connectivity index (χ0v) is 16.0. The summed E-state index contributed by atoms with van der Waals surface area (Å²) in [5.41, 5.74) is 1.91. The number of thiocarbonyl (C=S) groups is 1. The fourth-order valence-electron chi connectivity index (χ4n) is 4.01. The van der Waals surface area contributed by atoms with Crippen LogP contribution < -0.4 is 4.90 Å². The van der Waals surface area contributed by atoms with Crippen LogP contribution in [-0.4, -0.2) is 58.7 Å². The van der Waals surface area contributed by atoms with E-state index in [1.807, 2.05) is 24.3 Å². The Hall–Kier alpha value is -2.38. The average molecular weight is 382 g/mol. The molecule has 4 rings (SSSR count). The van der Waals surface area contributed by atoms with Crippen LogP contribution >= 0.6 is 12.2 Å². The molecule has 0 bridgehead atoms. The van der Waals surface area contributed by atoms with Gasteiger partial charge in [-0.1, -0.05) is 30.7 Å². The number of rotatable bonds is 5. The quantitative estimate of drug-likeness (QED) is 0.579. The summed E-state index contributed by atoms with van der Waals surface area (Å²) in [7, 11) is 0. The molecule has 1 saturated heterocycles. The Morgan fingerprint density at radius 2 is 1.89 bits per heavy atom. The molecule has 0 spiro atoms. The molecule has 1 fully saturated rings. The summed E-state index contributed by atoms with van der Waals surface area (Å²) in [4.78, 5) is 35.9. The normalized spacial score (nSPS) is 23.0. The van der Waals surface area contributed by atoms with Crippen LogP contribution in [0.5, 0.6) is 0 Å². The summed E-state index contributed by atoms with van der Waals surface area (Å²) in [5, 5.41) is 0.203. The van der Waals surface area contributed by atoms with E-state index >= 15 is 0 Å². The molecule has 140 valence electrons. The molecule has 7 heteroatoms. The number of anilines is 1. The standard InChI is InChI=1S/C20H22N4O2S/c1-2-10-23-19(26)17(21-20(23)27)16-14-8-4-5-9-15(14)24(18(16)25)13-22-11-6-3-7-12-22/h2,4-5,8-9,16H,1,3,6-7,10-13H2. The minimum atomic E-state index is -0.689. The molecule has 0 radical (unpaired) electrons. The number of benzene rings is 1. The van der Waals surface area contributed by atoms with Crippen molar-refractivity contribution < 1.29 is 9.59 Å². The SMILES string of the molecule is C=CCN1C(=O)C(C2C(=O)N(CN3CCCCC3)c3ccccc32)=NC1=S. The second-order valence-electron chi connectivity index (χ2n) is 7.06. The van der Waals surface area contributed by atoms with Gasteiger partial charge >= 0.3 is 0 Å². The first-order chi connectivity index (χ1) is 13.1. The maximum absolute atomic E-state index is 13.3. The van der Waals surface area contributed by atoms with Crippen LogP contribution in [0, 0.1) is 0 Å². The number of hydrogen-bond acceptors (Lipinski definition) is 4. The maximum atomic E-state index is 13.3. The fraction of sp³-hybridized carbons (Fsp3) is 0.400. The van der Waals surface area contributed by atoms with E-state index < -0.39 is 5.92 Å². The van der Waals surface area contributed by atoms with E-state index in [9.17, 15) is 9.59 Å². The van der Waals surface area contributed by atoms with Crippen molar-refractivity contribution in [3.05, 3.63) is 42.5 Å². The summed E-state index contributed by atoms with van der Waals surface area (Å²) in [6.45, 7) is 6.49. The van der Waals surface area contributed by atoms with Gasteiger partial charge in [-0.15, -0.1) is 6.58 Å². The Morgan fingerprint density at radius 1 is 1.15 bits per heavy atom. The Labute approximate surface area is 164 Å². The minimum Gasteiger partial charge on any atom is -0.298 e. The van der Waals surface area contributed by atoms with Crippen LogP contribution in [-0.2, 0) is 9.59 Å². The van der Waals surface area contributed by atoms with Gasteiger partial charge in [0.1, 0.15) is 11.6 Å². The molecule has 0 aromatic heterocycles. The number of fused-ring (bicyclic) bond motifs is 1. The molecule has 3 aliphatic heterocycles. The van der Waals surface area contributed by atoms with E-state index in [1.165, 1.54) is 11.3 Å². The van der Waals surface area contributed by atoms with E-state index in [4.69, 9.17) is 12.2 Å². The smallest absolute Gasteiger partial charge is 0.276 e. The monoisotopic (exact) mass is 382 g/mol. The van der Waals surface area contributed by atoms with Gasteiger partial charge in [0.2, 0.25) is 11.0 Å². The third-order valence-corrected chi connectivity index (χ3v) is 5.65. The zero-order valence-electron chi connectivity index (χ0n) is 15.1. The van der Waals surface area contributed by atoms with Gasteiger partial charge in [-0.05, 0) is 49.8 Å². The third kappa shape index (κ3) is 3.11. The van der Waals surface area contributed by atoms with Gasteiger partial charge in [0, 0.05) is 12.2 Å². The van der Waals surface area contributed by atoms with Gasteiger partial charge in [0.05, 0.1) is 6.67 Å². The van der Waals surface area contributed by atoms with Crippen molar-refractivity contribution in [1.82, 2.24) is 9.80 Å². The lowest BCUT2D eigenvalue weighted by atomic mass is 9.95. The molecular weight excluding hydrogens is 360 g/mol. The first kappa shape index (κ1) is 18.0. The number of carbonyl (C=O) groups is 2. The summed E-state index contributed by atoms with van der Waals surface area (Å²) < 4.78 is 0. The lowest BCUT2D eigenvalue weighted by molar-refractivity contribution is -0.122. The number of hydrogen-bond donors (Lipinski definition) is 0. The van der Waals surface area contributed by atoms with Crippen LogP contribution in [0.25, 0.3) is 0 Å². The molecule has 0 aliphatic carbocycles. The molecular formula is C20H22N4O2S. The molecule has 2 amide bonds. The van der Waals surface area contributed by atoms with E-state index in [1.54, 1.807) is 11.0 Å². The summed E-state index contributed by atoms with van der Waals surface area (Å²) in [6.07, 6.45) is 5.16. The predicted molar refractivity (Wildman–Crippen MR) is 109 cm³/mol. The summed E-state index contributed by atoms with van der Waals surface area (Å²) >= 11 is 5.23. The van der Waals surface area contributed by atoms with Gasteiger partial charge in [-0.25, -0.2) is 4.99 Å². The van der Waals surface area contributed by atoms with Gasteiger partial charge < -0.3 is 0 Å². The molecule has 6 nitrogen and oxygen atoms in total. The van der Waals surface area contributed by atoms with Crippen molar-refractivity contribution in [2.75, 3.05) is 31.2 Å². The highest BCUT2D eigenvalue weighted by molar-refractivity contribution is 7.80. The second kappa shape index (κ2) is 7.32.